The maximum atomic E-state index is 14.5. The first-order valence-electron chi connectivity index (χ1n) is 9.98. The van der Waals surface area contributed by atoms with Crippen molar-refractivity contribution in [1.82, 2.24) is 9.55 Å². The summed E-state index contributed by atoms with van der Waals surface area (Å²) in [5, 5.41) is 0. The van der Waals surface area contributed by atoms with E-state index in [0.29, 0.717) is 23.1 Å². The molecule has 1 radical (unpaired) electrons. The van der Waals surface area contributed by atoms with Crippen molar-refractivity contribution in [1.29, 1.82) is 0 Å². The van der Waals surface area contributed by atoms with Crippen molar-refractivity contribution >= 4 is 5.78 Å². The summed E-state index contributed by atoms with van der Waals surface area (Å²) in [6.45, 7) is 4.43. The molecule has 0 atom stereocenters. The van der Waals surface area contributed by atoms with Crippen LogP contribution in [0, 0.1) is 12.2 Å². The summed E-state index contributed by atoms with van der Waals surface area (Å²) in [6.07, 6.45) is 10.1. The lowest BCUT2D eigenvalue weighted by atomic mass is 10.0. The molecule has 5 heteroatoms. The molecule has 0 aliphatic heterocycles. The number of halogens is 1. The van der Waals surface area contributed by atoms with Crippen LogP contribution in [0.5, 0.6) is 0 Å². The average Bonchev–Trinajstić information content (AvgIpc) is 3.57. The second-order valence-electron chi connectivity index (χ2n) is 7.18. The van der Waals surface area contributed by atoms with Crippen LogP contribution >= 0.6 is 0 Å². The number of aromatic nitrogens is 2. The SMILES string of the molecule is CCC.O=C(C1=C[CH]1)c1cncc(Cc2ccc(Cn3ccccc3=O)c(F)c2)c1. The number of Topliss-reactive ketones (excluding diaryl/α,β-unsaturated/α-hetero) is 1. The van der Waals surface area contributed by atoms with Gasteiger partial charge in [0, 0.05) is 47.8 Å². The van der Waals surface area contributed by atoms with Crippen LogP contribution in [-0.4, -0.2) is 15.3 Å². The summed E-state index contributed by atoms with van der Waals surface area (Å²) in [5.74, 6) is -0.402. The first kappa shape index (κ1) is 21.4. The van der Waals surface area contributed by atoms with Crippen LogP contribution in [0.4, 0.5) is 4.39 Å². The minimum Gasteiger partial charge on any atom is -0.311 e. The molecule has 3 aromatic rings. The van der Waals surface area contributed by atoms with E-state index in [9.17, 15) is 14.0 Å². The Bertz CT molecular complexity index is 1130. The molecule has 0 spiro atoms. The van der Waals surface area contributed by atoms with Crippen LogP contribution in [0.1, 0.15) is 47.3 Å². The molecule has 153 valence electrons. The Morgan fingerprint density at radius 2 is 1.83 bits per heavy atom. The topological polar surface area (TPSA) is 52.0 Å². The molecule has 4 rings (SSSR count). The second-order valence-corrected chi connectivity index (χ2v) is 7.18. The first-order valence-corrected chi connectivity index (χ1v) is 9.98. The predicted octanol–water partition coefficient (Wildman–Crippen LogP) is 4.76. The molecular formula is C25H24FN2O2. The van der Waals surface area contributed by atoms with E-state index in [2.05, 4.69) is 18.8 Å². The fraction of sp³-hybridized carbons (Fsp3) is 0.200. The fourth-order valence-electron chi connectivity index (χ4n) is 2.91. The van der Waals surface area contributed by atoms with Crippen molar-refractivity contribution in [2.45, 2.75) is 33.2 Å². The molecule has 2 heterocycles. The van der Waals surface area contributed by atoms with Crippen molar-refractivity contribution in [2.75, 3.05) is 0 Å². The van der Waals surface area contributed by atoms with Gasteiger partial charge in [0.25, 0.3) is 5.56 Å². The third-order valence-corrected chi connectivity index (χ3v) is 4.42. The molecule has 0 fully saturated rings. The van der Waals surface area contributed by atoms with Crippen molar-refractivity contribution in [3.63, 3.8) is 0 Å². The van der Waals surface area contributed by atoms with Gasteiger partial charge >= 0.3 is 0 Å². The highest BCUT2D eigenvalue weighted by Crippen LogP contribution is 2.23. The maximum absolute atomic E-state index is 14.5. The van der Waals surface area contributed by atoms with Crippen LogP contribution in [0.2, 0.25) is 0 Å². The number of hydrogen-bond acceptors (Lipinski definition) is 3. The molecule has 0 amide bonds. The standard InChI is InChI=1S/C22H16FN2O2.C3H8/c23-20-11-15(4-5-18(20)14-25-8-2-1-3-21(25)26)9-16-10-19(13-24-12-16)22(27)17-6-7-17;1-3-2/h1-8,10-13H,9,14H2;3H2,1-2H3. The van der Waals surface area contributed by atoms with Gasteiger partial charge in [-0.1, -0.05) is 44.5 Å². The highest BCUT2D eigenvalue weighted by Gasteiger charge is 2.19. The monoisotopic (exact) mass is 403 g/mol. The van der Waals surface area contributed by atoms with E-state index in [1.165, 1.54) is 23.1 Å². The normalized spacial score (nSPS) is 11.9. The average molecular weight is 403 g/mol. The first-order chi connectivity index (χ1) is 14.5. The third kappa shape index (κ3) is 5.60. The molecule has 1 aromatic carbocycles. The molecular weight excluding hydrogens is 379 g/mol. The van der Waals surface area contributed by atoms with E-state index in [-0.39, 0.29) is 23.7 Å². The van der Waals surface area contributed by atoms with Gasteiger partial charge in [-0.2, -0.15) is 0 Å². The largest absolute Gasteiger partial charge is 0.311 e. The number of pyridine rings is 2. The van der Waals surface area contributed by atoms with E-state index < -0.39 is 0 Å². The molecule has 2 aromatic heterocycles. The van der Waals surface area contributed by atoms with E-state index in [1.807, 2.05) is 6.07 Å². The third-order valence-electron chi connectivity index (χ3n) is 4.42. The zero-order valence-corrected chi connectivity index (χ0v) is 17.1. The summed E-state index contributed by atoms with van der Waals surface area (Å²) in [4.78, 5) is 28.0. The molecule has 4 nitrogen and oxygen atoms in total. The Labute approximate surface area is 175 Å². The van der Waals surface area contributed by atoms with Gasteiger partial charge in [-0.25, -0.2) is 4.39 Å². The van der Waals surface area contributed by atoms with Crippen molar-refractivity contribution in [2.24, 2.45) is 0 Å². The van der Waals surface area contributed by atoms with Gasteiger partial charge in [-0.15, -0.1) is 0 Å². The minimum atomic E-state index is -0.360. The number of benzene rings is 1. The van der Waals surface area contributed by atoms with Crippen molar-refractivity contribution < 1.29 is 9.18 Å². The van der Waals surface area contributed by atoms with Gasteiger partial charge in [-0.3, -0.25) is 14.6 Å². The minimum absolute atomic E-state index is 0.0424. The van der Waals surface area contributed by atoms with Crippen LogP contribution in [0.25, 0.3) is 0 Å². The van der Waals surface area contributed by atoms with Gasteiger partial charge < -0.3 is 4.57 Å². The molecule has 0 N–H and O–H groups in total. The molecule has 1 aliphatic rings. The number of carbonyl (C=O) groups is 1. The number of allylic oxidation sites excluding steroid dienone is 2. The van der Waals surface area contributed by atoms with Crippen LogP contribution in [0.15, 0.2) is 77.5 Å². The molecule has 0 saturated carbocycles. The maximum Gasteiger partial charge on any atom is 0.250 e. The van der Waals surface area contributed by atoms with Crippen LogP contribution in [0.3, 0.4) is 0 Å². The van der Waals surface area contributed by atoms with Crippen LogP contribution < -0.4 is 5.56 Å². The number of hydrogen-bond donors (Lipinski definition) is 0. The Hall–Kier alpha value is -3.34. The Kier molecular flexibility index (Phi) is 7.07. The lowest BCUT2D eigenvalue weighted by Gasteiger charge is -2.09. The van der Waals surface area contributed by atoms with Gasteiger partial charge in [0.1, 0.15) is 5.82 Å². The van der Waals surface area contributed by atoms with E-state index in [1.54, 1.807) is 55.4 Å². The summed E-state index contributed by atoms with van der Waals surface area (Å²) in [6, 6.07) is 11.6. The summed E-state index contributed by atoms with van der Waals surface area (Å²) < 4.78 is 16.0. The lowest BCUT2D eigenvalue weighted by Crippen LogP contribution is -2.18. The van der Waals surface area contributed by atoms with E-state index in [4.69, 9.17) is 0 Å². The lowest BCUT2D eigenvalue weighted by molar-refractivity contribution is 0.104. The van der Waals surface area contributed by atoms with Gasteiger partial charge in [-0.05, 0) is 35.7 Å². The highest BCUT2D eigenvalue weighted by atomic mass is 19.1. The van der Waals surface area contributed by atoms with E-state index in [0.717, 1.165) is 11.1 Å². The quantitative estimate of drug-likeness (QED) is 0.558. The van der Waals surface area contributed by atoms with E-state index >= 15 is 0 Å². The van der Waals surface area contributed by atoms with Crippen LogP contribution in [-0.2, 0) is 13.0 Å². The predicted molar refractivity (Wildman–Crippen MR) is 116 cm³/mol. The summed E-state index contributed by atoms with van der Waals surface area (Å²) >= 11 is 0. The number of carbonyl (C=O) groups excluding carboxylic acids is 1. The number of rotatable bonds is 6. The van der Waals surface area contributed by atoms with Gasteiger partial charge in [0.15, 0.2) is 5.78 Å². The Morgan fingerprint density at radius 1 is 1.07 bits per heavy atom. The van der Waals surface area contributed by atoms with Gasteiger partial charge in [0.05, 0.1) is 6.54 Å². The molecule has 1 aliphatic carbocycles. The highest BCUT2D eigenvalue weighted by molar-refractivity contribution is 6.13. The number of ketones is 1. The number of nitrogens with zero attached hydrogens (tertiary/aromatic N) is 2. The van der Waals surface area contributed by atoms with Crippen molar-refractivity contribution in [3.05, 3.63) is 118 Å². The molecule has 30 heavy (non-hydrogen) atoms. The molecule has 0 saturated heterocycles. The summed E-state index contributed by atoms with van der Waals surface area (Å²) in [5.41, 5.74) is 3.13. The molecule has 0 unspecified atom stereocenters. The zero-order chi connectivity index (χ0) is 21.5. The summed E-state index contributed by atoms with van der Waals surface area (Å²) in [7, 11) is 0. The smallest absolute Gasteiger partial charge is 0.250 e. The zero-order valence-electron chi connectivity index (χ0n) is 17.1. The van der Waals surface area contributed by atoms with Gasteiger partial charge in [0.2, 0.25) is 0 Å². The fourth-order valence-corrected chi connectivity index (χ4v) is 2.91. The second kappa shape index (κ2) is 9.92. The Balaban J connectivity index is 0.000000806. The Morgan fingerprint density at radius 3 is 2.50 bits per heavy atom. The molecule has 0 bridgehead atoms. The van der Waals surface area contributed by atoms with Crippen molar-refractivity contribution in [3.8, 4) is 0 Å².